The van der Waals surface area contributed by atoms with Crippen molar-refractivity contribution in [1.29, 1.82) is 0 Å². The molecule has 2 heteroatoms. The van der Waals surface area contributed by atoms with Gasteiger partial charge >= 0.3 is 0 Å². The number of hydrogen-bond donors (Lipinski definition) is 1. The summed E-state index contributed by atoms with van der Waals surface area (Å²) in [5.74, 6) is 0.818. The average Bonchev–Trinajstić information content (AvgIpc) is 2.80. The molecular formula is C21H22N2. The molecule has 2 aromatic rings. The van der Waals surface area contributed by atoms with Crippen molar-refractivity contribution in [3.63, 3.8) is 0 Å². The van der Waals surface area contributed by atoms with Gasteiger partial charge < -0.3 is 5.32 Å². The first-order valence-corrected chi connectivity index (χ1v) is 7.85. The van der Waals surface area contributed by atoms with Gasteiger partial charge in [-0.25, -0.2) is 0 Å². The molecule has 0 aliphatic heterocycles. The standard InChI is InChI=1S/C21H22N2/c1-5-6-11-20(22-4)23-15-12-13-17-16-9-7-8-10-18(16)21(2,3)19(17)14-15/h5-14H,1H2,2-4H3,(H,22,23)/b11-6-. The van der Waals surface area contributed by atoms with Crippen LogP contribution in [-0.2, 0) is 5.41 Å². The van der Waals surface area contributed by atoms with Gasteiger partial charge in [-0.05, 0) is 40.5 Å². The summed E-state index contributed by atoms with van der Waals surface area (Å²) in [5, 5.41) is 3.37. The van der Waals surface area contributed by atoms with Crippen molar-refractivity contribution < 1.29 is 0 Å². The fourth-order valence-corrected chi connectivity index (χ4v) is 3.26. The summed E-state index contributed by atoms with van der Waals surface area (Å²) in [6.07, 6.45) is 5.54. The molecular weight excluding hydrogens is 280 g/mol. The largest absolute Gasteiger partial charge is 0.341 e. The zero-order valence-corrected chi connectivity index (χ0v) is 13.9. The average molecular weight is 302 g/mol. The molecule has 116 valence electrons. The topological polar surface area (TPSA) is 24.4 Å². The van der Waals surface area contributed by atoms with E-state index in [1.807, 2.05) is 12.2 Å². The molecule has 3 rings (SSSR count). The Hall–Kier alpha value is -2.61. The lowest BCUT2D eigenvalue weighted by atomic mass is 9.82. The monoisotopic (exact) mass is 302 g/mol. The van der Waals surface area contributed by atoms with Crippen molar-refractivity contribution in [2.75, 3.05) is 12.4 Å². The molecule has 0 heterocycles. The molecule has 1 aliphatic carbocycles. The lowest BCUT2D eigenvalue weighted by molar-refractivity contribution is 0.660. The fraction of sp³-hybridized carbons (Fsp3) is 0.190. The van der Waals surface area contributed by atoms with Crippen LogP contribution in [-0.4, -0.2) is 12.9 Å². The minimum absolute atomic E-state index is 0.0179. The Balaban J connectivity index is 2.00. The first-order valence-electron chi connectivity index (χ1n) is 7.85. The highest BCUT2D eigenvalue weighted by Crippen LogP contribution is 2.49. The van der Waals surface area contributed by atoms with Gasteiger partial charge in [0.25, 0.3) is 0 Å². The van der Waals surface area contributed by atoms with Crippen LogP contribution in [0.5, 0.6) is 0 Å². The lowest BCUT2D eigenvalue weighted by Crippen LogP contribution is -2.16. The van der Waals surface area contributed by atoms with E-state index in [0.717, 1.165) is 11.5 Å². The first kappa shape index (κ1) is 15.3. The minimum atomic E-state index is 0.0179. The van der Waals surface area contributed by atoms with E-state index >= 15 is 0 Å². The van der Waals surface area contributed by atoms with E-state index in [9.17, 15) is 0 Å². The zero-order valence-electron chi connectivity index (χ0n) is 13.9. The normalized spacial score (nSPS) is 15.3. The molecule has 0 amide bonds. The van der Waals surface area contributed by atoms with Gasteiger partial charge in [0.1, 0.15) is 5.84 Å². The van der Waals surface area contributed by atoms with Crippen molar-refractivity contribution >= 4 is 11.5 Å². The number of amidine groups is 1. The van der Waals surface area contributed by atoms with Crippen molar-refractivity contribution in [1.82, 2.24) is 0 Å². The third kappa shape index (κ3) is 2.61. The van der Waals surface area contributed by atoms with E-state index in [0.29, 0.717) is 0 Å². The molecule has 1 N–H and O–H groups in total. The third-order valence-electron chi connectivity index (χ3n) is 4.49. The molecule has 0 bridgehead atoms. The number of anilines is 1. The number of allylic oxidation sites excluding steroid dienone is 2. The predicted molar refractivity (Wildman–Crippen MR) is 100 cm³/mol. The Morgan fingerprint density at radius 3 is 2.57 bits per heavy atom. The van der Waals surface area contributed by atoms with Gasteiger partial charge in [-0.2, -0.15) is 0 Å². The van der Waals surface area contributed by atoms with Gasteiger partial charge in [-0.1, -0.05) is 62.9 Å². The van der Waals surface area contributed by atoms with Crippen molar-refractivity contribution in [3.8, 4) is 11.1 Å². The summed E-state index contributed by atoms with van der Waals surface area (Å²) in [7, 11) is 1.78. The van der Waals surface area contributed by atoms with Crippen LogP contribution in [0, 0.1) is 0 Å². The van der Waals surface area contributed by atoms with Gasteiger partial charge in [-0.3, -0.25) is 4.99 Å². The van der Waals surface area contributed by atoms with Crippen LogP contribution in [0.4, 0.5) is 5.69 Å². The molecule has 23 heavy (non-hydrogen) atoms. The van der Waals surface area contributed by atoms with Gasteiger partial charge in [0, 0.05) is 18.2 Å². The Kier molecular flexibility index (Phi) is 3.91. The molecule has 0 radical (unpaired) electrons. The summed E-state index contributed by atoms with van der Waals surface area (Å²) in [5.41, 5.74) is 6.49. The minimum Gasteiger partial charge on any atom is -0.341 e. The second-order valence-electron chi connectivity index (χ2n) is 6.26. The molecule has 0 saturated carbocycles. The molecule has 1 aliphatic rings. The molecule has 0 spiro atoms. The van der Waals surface area contributed by atoms with E-state index in [4.69, 9.17) is 0 Å². The Morgan fingerprint density at radius 2 is 1.83 bits per heavy atom. The second kappa shape index (κ2) is 5.88. The summed E-state index contributed by atoms with van der Waals surface area (Å²) in [6, 6.07) is 15.2. The van der Waals surface area contributed by atoms with Crippen LogP contribution in [0.25, 0.3) is 11.1 Å². The lowest BCUT2D eigenvalue weighted by Gasteiger charge is -2.22. The van der Waals surface area contributed by atoms with Gasteiger partial charge in [0.15, 0.2) is 0 Å². The molecule has 0 atom stereocenters. The third-order valence-corrected chi connectivity index (χ3v) is 4.49. The SMILES string of the molecule is C=C/C=C\C(=NC)Nc1ccc2c(c1)C(C)(C)c1ccccc1-2. The van der Waals surface area contributed by atoms with E-state index in [1.54, 1.807) is 13.1 Å². The van der Waals surface area contributed by atoms with Crippen molar-refractivity contribution in [2.45, 2.75) is 19.3 Å². The van der Waals surface area contributed by atoms with E-state index in [1.165, 1.54) is 22.3 Å². The molecule has 2 nitrogen and oxygen atoms in total. The van der Waals surface area contributed by atoms with Gasteiger partial charge in [0.05, 0.1) is 0 Å². The van der Waals surface area contributed by atoms with Crippen LogP contribution in [0.2, 0.25) is 0 Å². The number of fused-ring (bicyclic) bond motifs is 3. The van der Waals surface area contributed by atoms with E-state index in [-0.39, 0.29) is 5.41 Å². The molecule has 0 aromatic heterocycles. The zero-order chi connectivity index (χ0) is 16.4. The van der Waals surface area contributed by atoms with Gasteiger partial charge in [0.2, 0.25) is 0 Å². The summed E-state index contributed by atoms with van der Waals surface area (Å²) >= 11 is 0. The Labute approximate surface area is 138 Å². The molecule has 0 unspecified atom stereocenters. The molecule has 0 saturated heterocycles. The summed E-state index contributed by atoms with van der Waals surface area (Å²) in [6.45, 7) is 8.26. The fourth-order valence-electron chi connectivity index (χ4n) is 3.26. The number of nitrogens with zero attached hydrogens (tertiary/aromatic N) is 1. The highest BCUT2D eigenvalue weighted by Gasteiger charge is 2.35. The van der Waals surface area contributed by atoms with E-state index in [2.05, 4.69) is 73.2 Å². The van der Waals surface area contributed by atoms with Crippen molar-refractivity contribution in [2.24, 2.45) is 4.99 Å². The first-order chi connectivity index (χ1) is 11.1. The number of aliphatic imine (C=N–C) groups is 1. The summed E-state index contributed by atoms with van der Waals surface area (Å²) in [4.78, 5) is 4.26. The maximum Gasteiger partial charge on any atom is 0.124 e. The number of nitrogens with one attached hydrogen (secondary N) is 1. The van der Waals surface area contributed by atoms with Gasteiger partial charge in [-0.15, -0.1) is 0 Å². The van der Waals surface area contributed by atoms with Crippen LogP contribution < -0.4 is 5.32 Å². The molecule has 0 fully saturated rings. The summed E-state index contributed by atoms with van der Waals surface area (Å²) < 4.78 is 0. The van der Waals surface area contributed by atoms with Crippen LogP contribution >= 0.6 is 0 Å². The number of rotatable bonds is 3. The second-order valence-corrected chi connectivity index (χ2v) is 6.26. The Bertz CT molecular complexity index is 810. The highest BCUT2D eigenvalue weighted by atomic mass is 15.0. The smallest absolute Gasteiger partial charge is 0.124 e. The Morgan fingerprint density at radius 1 is 1.09 bits per heavy atom. The molecule has 2 aromatic carbocycles. The quantitative estimate of drug-likeness (QED) is 0.472. The van der Waals surface area contributed by atoms with Crippen LogP contribution in [0.15, 0.2) is 72.3 Å². The number of hydrogen-bond acceptors (Lipinski definition) is 1. The van der Waals surface area contributed by atoms with E-state index < -0.39 is 0 Å². The number of benzene rings is 2. The van der Waals surface area contributed by atoms with Crippen molar-refractivity contribution in [3.05, 3.63) is 78.4 Å². The maximum atomic E-state index is 4.26. The highest BCUT2D eigenvalue weighted by molar-refractivity contribution is 6.04. The predicted octanol–water partition coefficient (Wildman–Crippen LogP) is 5.18. The maximum absolute atomic E-state index is 4.26. The van der Waals surface area contributed by atoms with Crippen LogP contribution in [0.3, 0.4) is 0 Å². The van der Waals surface area contributed by atoms with Crippen LogP contribution in [0.1, 0.15) is 25.0 Å².